The molecule has 0 aromatic heterocycles. The van der Waals surface area contributed by atoms with Gasteiger partial charge < -0.3 is 9.29 Å². The quantitative estimate of drug-likeness (QED) is 0.272. The van der Waals surface area contributed by atoms with E-state index in [0.717, 1.165) is 17.7 Å². The van der Waals surface area contributed by atoms with Crippen LogP contribution in [0.3, 0.4) is 0 Å². The van der Waals surface area contributed by atoms with Crippen molar-refractivity contribution in [3.8, 4) is 5.75 Å². The number of hydrogen-bond acceptors (Lipinski definition) is 3. The number of halogens is 10. The van der Waals surface area contributed by atoms with E-state index >= 15 is 0 Å². The summed E-state index contributed by atoms with van der Waals surface area (Å²) in [6.45, 7) is 7.33. The molecule has 2 rings (SSSR count). The molecular weight excluding hydrogens is 578 g/mol. The predicted octanol–water partition coefficient (Wildman–Crippen LogP) is 11.0. The first-order chi connectivity index (χ1) is 16.6. The maximum atomic E-state index is 12.2. The van der Waals surface area contributed by atoms with Crippen molar-refractivity contribution in [1.82, 2.24) is 0 Å². The van der Waals surface area contributed by atoms with Crippen LogP contribution in [0, 0.1) is 18.8 Å². The van der Waals surface area contributed by atoms with Gasteiger partial charge in [-0.1, -0.05) is 109 Å². The number of aryl methyl sites for hydroxylation is 1. The number of rotatable bonds is 10. The third-order valence-electron chi connectivity index (χ3n) is 5.32. The molecule has 0 spiro atoms. The SMILES string of the molecule is CC(C)C(CO)c1cccc(OS(F)(F)(F)(F)F)c1.Cc1ccc(C(COS(F)(F)(F)(F)F)C(C)C)cc1. The Balaban J connectivity index is 0.000000380. The van der Waals surface area contributed by atoms with E-state index in [1.165, 1.54) is 12.1 Å². The van der Waals surface area contributed by atoms with Crippen molar-refractivity contribution in [2.45, 2.75) is 46.5 Å². The Kier molecular flexibility index (Phi) is 8.97. The zero-order valence-corrected chi connectivity index (χ0v) is 22.8. The number of benzene rings is 2. The molecule has 0 amide bonds. The molecule has 0 saturated heterocycles. The van der Waals surface area contributed by atoms with Crippen LogP contribution < -0.4 is 4.18 Å². The summed E-state index contributed by atoms with van der Waals surface area (Å²) < 4.78 is 128. The van der Waals surface area contributed by atoms with E-state index in [0.29, 0.717) is 11.1 Å². The number of aliphatic hydroxyl groups is 1. The van der Waals surface area contributed by atoms with Crippen molar-refractivity contribution < 1.29 is 52.3 Å². The van der Waals surface area contributed by atoms with Crippen molar-refractivity contribution >= 4 is 21.0 Å². The van der Waals surface area contributed by atoms with Crippen LogP contribution in [0.4, 0.5) is 38.9 Å². The van der Waals surface area contributed by atoms with Gasteiger partial charge in [-0.05, 0) is 42.0 Å². The van der Waals surface area contributed by atoms with E-state index in [1.54, 1.807) is 52.0 Å². The molecule has 0 saturated carbocycles. The fourth-order valence-electron chi connectivity index (χ4n) is 3.37. The molecule has 2 aromatic rings. The molecule has 2 aromatic carbocycles. The van der Waals surface area contributed by atoms with Gasteiger partial charge in [0.15, 0.2) is 0 Å². The van der Waals surface area contributed by atoms with Crippen molar-refractivity contribution in [2.75, 3.05) is 13.2 Å². The van der Waals surface area contributed by atoms with Crippen LogP contribution in [0.15, 0.2) is 48.5 Å². The lowest BCUT2D eigenvalue weighted by Crippen LogP contribution is -2.19. The van der Waals surface area contributed by atoms with Crippen molar-refractivity contribution in [1.29, 1.82) is 0 Å². The Morgan fingerprint density at radius 1 is 0.684 bits per heavy atom. The van der Waals surface area contributed by atoms with Gasteiger partial charge in [0.2, 0.25) is 0 Å². The highest BCUT2D eigenvalue weighted by atomic mass is 32.5. The summed E-state index contributed by atoms with van der Waals surface area (Å²) in [4.78, 5) is 0. The first kappa shape index (κ1) is 34.2. The van der Waals surface area contributed by atoms with Crippen molar-refractivity contribution in [2.24, 2.45) is 11.8 Å². The summed E-state index contributed by atoms with van der Waals surface area (Å²) in [6.07, 6.45) is 0. The smallest absolute Gasteiger partial charge is 0.396 e. The Bertz CT molecular complexity index is 1070. The van der Waals surface area contributed by atoms with Gasteiger partial charge in [-0.25, -0.2) is 4.18 Å². The van der Waals surface area contributed by atoms with Gasteiger partial charge in [0, 0.05) is 11.8 Å². The van der Waals surface area contributed by atoms with E-state index in [9.17, 15) is 44.0 Å². The van der Waals surface area contributed by atoms with E-state index in [2.05, 4.69) is 8.37 Å². The first-order valence-electron chi connectivity index (χ1n) is 11.2. The van der Waals surface area contributed by atoms with Gasteiger partial charge >= 0.3 is 21.0 Å². The Labute approximate surface area is 216 Å². The summed E-state index contributed by atoms with van der Waals surface area (Å²) in [5.41, 5.74) is 1.82. The van der Waals surface area contributed by atoms with E-state index in [4.69, 9.17) is 0 Å². The van der Waals surface area contributed by atoms with Crippen LogP contribution in [0.2, 0.25) is 0 Å². The van der Waals surface area contributed by atoms with Gasteiger partial charge in [-0.3, -0.25) is 0 Å². The molecular formula is C23H32F10O3S2. The fourth-order valence-corrected chi connectivity index (χ4v) is 4.24. The minimum absolute atomic E-state index is 0.0554. The normalized spacial score (nSPS) is 17.8. The topological polar surface area (TPSA) is 38.7 Å². The van der Waals surface area contributed by atoms with E-state index in [-0.39, 0.29) is 18.4 Å². The molecule has 0 bridgehead atoms. The highest BCUT2D eigenvalue weighted by molar-refractivity contribution is 8.42. The second-order valence-corrected chi connectivity index (χ2v) is 13.5. The van der Waals surface area contributed by atoms with E-state index in [1.807, 2.05) is 6.92 Å². The summed E-state index contributed by atoms with van der Waals surface area (Å²) in [5.74, 6) is -2.45. The van der Waals surface area contributed by atoms with Crippen LogP contribution in [-0.4, -0.2) is 18.3 Å². The monoisotopic (exact) mass is 610 g/mol. The fraction of sp³-hybridized carbons (Fsp3) is 0.478. The average molecular weight is 611 g/mol. The number of aliphatic hydroxyl groups excluding tert-OH is 1. The van der Waals surface area contributed by atoms with Crippen LogP contribution >= 0.6 is 21.0 Å². The predicted molar refractivity (Wildman–Crippen MR) is 133 cm³/mol. The zero-order chi connectivity index (χ0) is 29.9. The number of hydrogen-bond donors (Lipinski definition) is 1. The lowest BCUT2D eigenvalue weighted by molar-refractivity contribution is 0.136. The highest BCUT2D eigenvalue weighted by Crippen LogP contribution is 2.98. The first-order valence-corrected chi connectivity index (χ1v) is 15.0. The largest absolute Gasteiger partial charge is 0.435 e. The molecule has 3 nitrogen and oxygen atoms in total. The molecule has 0 radical (unpaired) electrons. The molecule has 38 heavy (non-hydrogen) atoms. The Morgan fingerprint density at radius 2 is 1.18 bits per heavy atom. The minimum Gasteiger partial charge on any atom is -0.396 e. The summed E-state index contributed by atoms with van der Waals surface area (Å²) >= 11 is 0. The average Bonchev–Trinajstić information content (AvgIpc) is 2.66. The molecule has 15 heteroatoms. The summed E-state index contributed by atoms with van der Waals surface area (Å²) in [5, 5.41) is 9.17. The second kappa shape index (κ2) is 9.97. The maximum absolute atomic E-state index is 12.2. The minimum atomic E-state index is -9.96. The second-order valence-electron chi connectivity index (χ2n) is 9.53. The van der Waals surface area contributed by atoms with Gasteiger partial charge in [0.05, 0.1) is 13.2 Å². The molecule has 0 fully saturated rings. The molecule has 0 aliphatic rings. The van der Waals surface area contributed by atoms with Crippen LogP contribution in [0.1, 0.15) is 56.2 Å². The molecule has 0 aliphatic carbocycles. The highest BCUT2D eigenvalue weighted by Gasteiger charge is 2.67. The molecule has 2 atom stereocenters. The van der Waals surface area contributed by atoms with Crippen molar-refractivity contribution in [3.05, 3.63) is 65.2 Å². The molecule has 0 heterocycles. The molecule has 0 aliphatic heterocycles. The zero-order valence-electron chi connectivity index (χ0n) is 21.2. The van der Waals surface area contributed by atoms with Crippen LogP contribution in [0.5, 0.6) is 5.75 Å². The van der Waals surface area contributed by atoms with Crippen LogP contribution in [0.25, 0.3) is 0 Å². The standard InChI is InChI=1S/C12H17F5OS.C11H15F5O2S/c1-9(2)12(8-18-19(13,14,15,16)17)11-6-4-10(3)5-7-11;1-8(2)11(7-17)9-4-3-5-10(6-9)18-19(12,13,14,15)16/h4-7,9,12H,8H2,1-3H3;3-6,8,11,17H,7H2,1-2H3. The van der Waals surface area contributed by atoms with E-state index < -0.39 is 45.2 Å². The Hall–Kier alpha value is -1.84. The molecule has 224 valence electrons. The van der Waals surface area contributed by atoms with Gasteiger partial charge in [-0.2, -0.15) is 0 Å². The van der Waals surface area contributed by atoms with Gasteiger partial charge in [0.1, 0.15) is 5.75 Å². The van der Waals surface area contributed by atoms with Crippen molar-refractivity contribution in [3.63, 3.8) is 0 Å². The Morgan fingerprint density at radius 3 is 1.58 bits per heavy atom. The summed E-state index contributed by atoms with van der Waals surface area (Å²) in [7, 11) is -19.8. The molecule has 2 unspecified atom stereocenters. The third-order valence-corrected chi connectivity index (χ3v) is 6.41. The maximum Gasteiger partial charge on any atom is 0.435 e. The van der Waals surface area contributed by atoms with Gasteiger partial charge in [0.25, 0.3) is 0 Å². The van der Waals surface area contributed by atoms with Crippen LogP contribution in [-0.2, 0) is 4.18 Å². The lowest BCUT2D eigenvalue weighted by atomic mass is 9.89. The third kappa shape index (κ3) is 14.4. The lowest BCUT2D eigenvalue weighted by Gasteiger charge is -2.40. The van der Waals surface area contributed by atoms with Gasteiger partial charge in [-0.15, -0.1) is 0 Å². The molecule has 1 N–H and O–H groups in total. The summed E-state index contributed by atoms with van der Waals surface area (Å²) in [6, 6.07) is 11.0.